The van der Waals surface area contributed by atoms with E-state index in [9.17, 15) is 0 Å². The lowest BCUT2D eigenvalue weighted by molar-refractivity contribution is 0.951. The first-order valence-electron chi connectivity index (χ1n) is 45.1. The third-order valence-electron chi connectivity index (χ3n) is 26.4. The number of hydrogen-bond donors (Lipinski definition) is 0. The predicted octanol–water partition coefficient (Wildman–Crippen LogP) is 30.0. The molecular weight excluding hydrogens is 1640 g/mol. The summed E-state index contributed by atoms with van der Waals surface area (Å²) in [6.07, 6.45) is 11.6. The minimum absolute atomic E-state index is 0.543. The van der Waals surface area contributed by atoms with Gasteiger partial charge in [-0.25, -0.2) is 9.97 Å². The smallest absolute Gasteiger partial charge is 0.238 e. The van der Waals surface area contributed by atoms with Gasteiger partial charge in [0.25, 0.3) is 0 Å². The molecule has 0 aliphatic carbocycles. The van der Waals surface area contributed by atoms with Gasteiger partial charge >= 0.3 is 0 Å². The second kappa shape index (κ2) is 31.9. The summed E-state index contributed by atoms with van der Waals surface area (Å²) in [5, 5.41) is 17.9. The Hall–Kier alpha value is -18.3. The molecule has 0 bridgehead atoms. The fraction of sp³-hybridized carbons (Fsp3) is 0. The molecule has 0 amide bonds. The van der Waals surface area contributed by atoms with Crippen molar-refractivity contribution in [2.24, 2.45) is 0 Å². The third-order valence-corrected chi connectivity index (χ3v) is 26.4. The maximum atomic E-state index is 5.05. The van der Waals surface area contributed by atoms with E-state index in [1.807, 2.05) is 104 Å². The second-order valence-electron chi connectivity index (χ2n) is 34.0. The van der Waals surface area contributed by atoms with Gasteiger partial charge in [-0.1, -0.05) is 267 Å². The Morgan fingerprint density at radius 1 is 0.172 bits per heavy atom. The first-order chi connectivity index (χ1) is 66.5. The zero-order valence-corrected chi connectivity index (χ0v) is 72.3. The predicted molar refractivity (Wildman–Crippen MR) is 552 cm³/mol. The van der Waals surface area contributed by atoms with Gasteiger partial charge in [0.1, 0.15) is 5.65 Å². The summed E-state index contributed by atoms with van der Waals surface area (Å²) in [4.78, 5) is 33.9. The van der Waals surface area contributed by atoms with E-state index in [1.165, 1.54) is 115 Å². The Balaban J connectivity index is 0.000000105. The minimum atomic E-state index is 0.543. The molecule has 11 heterocycles. The van der Waals surface area contributed by atoms with Crippen LogP contribution in [0.4, 0.5) is 0 Å². The molecule has 17 aromatic carbocycles. The van der Waals surface area contributed by atoms with E-state index in [0.717, 1.165) is 111 Å². The summed E-state index contributed by atoms with van der Waals surface area (Å²) >= 11 is 0. The Labute approximate surface area is 768 Å². The summed E-state index contributed by atoms with van der Waals surface area (Å²) < 4.78 is 13.8. The zero-order chi connectivity index (χ0) is 88.3. The van der Waals surface area contributed by atoms with Gasteiger partial charge in [-0.2, -0.15) is 9.97 Å². The minimum Gasteiger partial charge on any atom is -0.309 e. The van der Waals surface area contributed by atoms with Gasteiger partial charge in [0.15, 0.2) is 11.6 Å². The summed E-state index contributed by atoms with van der Waals surface area (Å²) in [6, 6.07) is 152. The number of fused-ring (bicyclic) bond motifs is 22. The van der Waals surface area contributed by atoms with E-state index in [2.05, 4.69) is 401 Å². The zero-order valence-electron chi connectivity index (χ0n) is 72.3. The number of hydrogen-bond acceptors (Lipinski definition) is 7. The lowest BCUT2D eigenvalue weighted by Crippen LogP contribution is -2.06. The lowest BCUT2D eigenvalue weighted by Gasteiger charge is -2.11. The molecule has 0 saturated carbocycles. The van der Waals surface area contributed by atoms with Crippen LogP contribution in [0.3, 0.4) is 0 Å². The van der Waals surface area contributed by atoms with Crippen molar-refractivity contribution in [3.05, 3.63) is 468 Å². The normalized spacial score (nSPS) is 11.7. The van der Waals surface area contributed by atoms with Crippen LogP contribution in [0, 0.1) is 0 Å². The monoisotopic (exact) mass is 1710 g/mol. The van der Waals surface area contributed by atoms with Crippen molar-refractivity contribution in [3.8, 4) is 90.5 Å². The van der Waals surface area contributed by atoms with Crippen molar-refractivity contribution in [1.29, 1.82) is 0 Å². The van der Waals surface area contributed by atoms with E-state index in [0.29, 0.717) is 17.6 Å². The van der Waals surface area contributed by atoms with Gasteiger partial charge in [0, 0.05) is 140 Å². The highest BCUT2D eigenvalue weighted by Crippen LogP contribution is 2.46. The van der Waals surface area contributed by atoms with Gasteiger partial charge in [-0.3, -0.25) is 24.1 Å². The first kappa shape index (κ1) is 76.9. The number of aromatic nitrogens is 13. The lowest BCUT2D eigenvalue weighted by atomic mass is 9.99. The molecule has 134 heavy (non-hydrogen) atoms. The molecule has 0 aliphatic heterocycles. The van der Waals surface area contributed by atoms with E-state index >= 15 is 0 Å². The van der Waals surface area contributed by atoms with Crippen LogP contribution < -0.4 is 0 Å². The van der Waals surface area contributed by atoms with Gasteiger partial charge in [-0.05, 0) is 203 Å². The topological polar surface area (TPSA) is 120 Å². The molecule has 0 unspecified atom stereocenters. The van der Waals surface area contributed by atoms with E-state index in [1.54, 1.807) is 0 Å². The SMILES string of the molecule is c1ccc(-c2nc(-c3ccccc3)nc(-n3c4ccc(-c5ccc6c(c5)c5cnccc5n6-c5ccccc5)cc4c4ccncc43)n2)cc1.c1ccc(-n2c3ccccc3c3cc(-c4ccc5c(c4)c4c6ccccc6cnc4n5-c4ccccc4)ccc32)cc1.c1ccc(-n2c3ccccc3c3cc(-c4ccc5c(c4)c4c6ccccc6ncc4n5-c4ccccc4)ccc32)cc1. The van der Waals surface area contributed by atoms with Crippen LogP contribution in [0.2, 0.25) is 0 Å². The molecule has 0 spiro atoms. The number of pyridine rings is 4. The molecule has 0 N–H and O–H groups in total. The van der Waals surface area contributed by atoms with Crippen molar-refractivity contribution in [2.45, 2.75) is 0 Å². The first-order valence-corrected chi connectivity index (χ1v) is 45.1. The van der Waals surface area contributed by atoms with Crippen LogP contribution in [0.15, 0.2) is 468 Å². The van der Waals surface area contributed by atoms with Crippen LogP contribution in [-0.4, -0.2) is 62.3 Å². The highest BCUT2D eigenvalue weighted by molar-refractivity contribution is 6.23. The summed E-state index contributed by atoms with van der Waals surface area (Å²) in [5.74, 6) is 1.77. The van der Waals surface area contributed by atoms with E-state index in [-0.39, 0.29) is 0 Å². The van der Waals surface area contributed by atoms with E-state index in [4.69, 9.17) is 24.9 Å². The second-order valence-corrected chi connectivity index (χ2v) is 34.0. The molecule has 626 valence electrons. The third kappa shape index (κ3) is 12.8. The van der Waals surface area contributed by atoms with Crippen molar-refractivity contribution in [1.82, 2.24) is 62.3 Å². The Morgan fingerprint density at radius 3 is 0.993 bits per heavy atom. The molecule has 0 saturated heterocycles. The average molecular weight is 1710 g/mol. The van der Waals surface area contributed by atoms with Crippen LogP contribution in [0.25, 0.3) is 243 Å². The molecule has 28 rings (SSSR count). The van der Waals surface area contributed by atoms with Gasteiger partial charge in [0.2, 0.25) is 5.95 Å². The molecule has 0 fully saturated rings. The van der Waals surface area contributed by atoms with Crippen LogP contribution in [0.5, 0.6) is 0 Å². The molecular formula is C121H77N13. The Morgan fingerprint density at radius 2 is 0.507 bits per heavy atom. The van der Waals surface area contributed by atoms with Crippen molar-refractivity contribution in [2.75, 3.05) is 0 Å². The van der Waals surface area contributed by atoms with Crippen molar-refractivity contribution < 1.29 is 0 Å². The maximum absolute atomic E-state index is 5.05. The molecule has 0 aliphatic rings. The van der Waals surface area contributed by atoms with Gasteiger partial charge in [-0.15, -0.1) is 0 Å². The number of rotatable bonds is 11. The number of nitrogens with zero attached hydrogens (tertiary/aromatic N) is 13. The molecule has 11 aromatic heterocycles. The summed E-state index contributed by atoms with van der Waals surface area (Å²) in [7, 11) is 0. The van der Waals surface area contributed by atoms with E-state index < -0.39 is 0 Å². The molecule has 0 radical (unpaired) electrons. The highest BCUT2D eigenvalue weighted by atomic mass is 15.2. The molecule has 0 atom stereocenters. The fourth-order valence-electron chi connectivity index (χ4n) is 20.4. The Bertz CT molecular complexity index is 9090. The number of benzene rings is 17. The average Bonchev–Trinajstić information content (AvgIpc) is 1.59. The highest BCUT2D eigenvalue weighted by Gasteiger charge is 2.25. The molecule has 13 nitrogen and oxygen atoms in total. The number of para-hydroxylation sites is 8. The van der Waals surface area contributed by atoms with Crippen molar-refractivity contribution in [3.63, 3.8) is 0 Å². The quantitative estimate of drug-likeness (QED) is 0.126. The van der Waals surface area contributed by atoms with Crippen LogP contribution >= 0.6 is 0 Å². The summed E-state index contributed by atoms with van der Waals surface area (Å²) in [6.45, 7) is 0. The largest absolute Gasteiger partial charge is 0.309 e. The van der Waals surface area contributed by atoms with Gasteiger partial charge < -0.3 is 18.3 Å². The Kier molecular flexibility index (Phi) is 18.3. The fourth-order valence-corrected chi connectivity index (χ4v) is 20.4. The van der Waals surface area contributed by atoms with Crippen molar-refractivity contribution >= 4 is 153 Å². The standard InChI is InChI=1S/C43H27N7.2C39H25N3/c1-4-10-28(11-5-1)41-46-42(29-12-6-2-7-13-29)48-43(47-41)50-38-19-17-30(24-34(38)33-20-22-45-27-40(33)50)31-16-18-37-35(25-31)36-26-44-23-21-39(36)49(37)32-14-8-3-9-15-32;1-3-11-28(12-4-1)41-35-18-10-8-15-30(35)32-23-26(19-21-36(32)41)27-20-22-37-33(24-27)39-31-16-7-9-17-34(31)40-25-38(39)42(37)29-13-5-2-6-14-29;1-3-12-29(13-4-1)41-35-18-10-9-17-32(35)33-23-26(19-21-36(33)41)27-20-22-37-34(24-27)38-31-16-8-7-11-28(31)25-40-39(38)42(37)30-14-5-2-6-15-30/h1-27H;2*1-25H. The van der Waals surface area contributed by atoms with Crippen LogP contribution in [0.1, 0.15) is 0 Å². The van der Waals surface area contributed by atoms with Gasteiger partial charge in [0.05, 0.1) is 78.6 Å². The maximum Gasteiger partial charge on any atom is 0.238 e. The molecule has 13 heteroatoms. The van der Waals surface area contributed by atoms with Crippen LogP contribution in [-0.2, 0) is 0 Å². The summed E-state index contributed by atoms with van der Waals surface area (Å²) in [5.41, 5.74) is 29.1. The molecule has 28 aromatic rings.